The average Bonchev–Trinajstić information content (AvgIpc) is 3.56. The third-order valence-electron chi connectivity index (χ3n) is 4.98. The van der Waals surface area contributed by atoms with Crippen LogP contribution in [0, 0.1) is 0 Å². The molecule has 0 spiro atoms. The summed E-state index contributed by atoms with van der Waals surface area (Å²) in [5.41, 5.74) is 1.25. The number of fused-ring (bicyclic) bond motifs is 2. The van der Waals surface area contributed by atoms with Crippen molar-refractivity contribution in [2.45, 2.75) is 13.5 Å². The average molecular weight is 449 g/mol. The summed E-state index contributed by atoms with van der Waals surface area (Å²) >= 11 is 1.41. The van der Waals surface area contributed by atoms with Crippen molar-refractivity contribution < 1.29 is 23.1 Å². The number of anilines is 1. The summed E-state index contributed by atoms with van der Waals surface area (Å²) in [4.78, 5) is 19.9. The quantitative estimate of drug-likeness (QED) is 0.309. The molecular formula is C24H20N2O5S. The van der Waals surface area contributed by atoms with Gasteiger partial charge in [0.2, 0.25) is 0 Å². The Labute approximate surface area is 187 Å². The Bertz CT molecular complexity index is 1390. The standard InChI is InChI=1S/C24H20N2O5S/c1-3-29-17-9-5-11-20-21(17)25-24(32-20)26(14-16-8-6-12-30-16)23(27)19-13-15-7-4-10-18(28-2)22(15)31-19/h4-13H,3,14H2,1-2H3. The highest BCUT2D eigenvalue weighted by molar-refractivity contribution is 7.22. The minimum absolute atomic E-state index is 0.195. The van der Waals surface area contributed by atoms with Gasteiger partial charge in [0, 0.05) is 5.39 Å². The Hall–Kier alpha value is -3.78. The fraction of sp³-hybridized carbons (Fsp3) is 0.167. The molecule has 5 aromatic rings. The van der Waals surface area contributed by atoms with Gasteiger partial charge < -0.3 is 18.3 Å². The number of carbonyl (C=O) groups is 1. The number of hydrogen-bond donors (Lipinski definition) is 0. The molecule has 0 unspecified atom stereocenters. The number of benzene rings is 2. The van der Waals surface area contributed by atoms with Gasteiger partial charge in [0.25, 0.3) is 5.91 Å². The minimum Gasteiger partial charge on any atom is -0.493 e. The zero-order chi connectivity index (χ0) is 22.1. The molecule has 0 aliphatic carbocycles. The van der Waals surface area contributed by atoms with Gasteiger partial charge in [-0.1, -0.05) is 29.5 Å². The van der Waals surface area contributed by atoms with Crippen LogP contribution >= 0.6 is 11.3 Å². The molecule has 1 amide bonds. The molecule has 162 valence electrons. The molecule has 0 fully saturated rings. The van der Waals surface area contributed by atoms with Crippen LogP contribution in [0.1, 0.15) is 23.2 Å². The number of ether oxygens (including phenoxy) is 2. The van der Waals surface area contributed by atoms with Crippen molar-refractivity contribution >= 4 is 43.6 Å². The van der Waals surface area contributed by atoms with E-state index in [1.54, 1.807) is 36.5 Å². The normalized spacial score (nSPS) is 11.2. The molecule has 0 saturated carbocycles. The molecule has 0 radical (unpaired) electrons. The summed E-state index contributed by atoms with van der Waals surface area (Å²) in [6.45, 7) is 2.67. The number of rotatable bonds is 7. The van der Waals surface area contributed by atoms with Crippen LogP contribution in [0.5, 0.6) is 11.5 Å². The Balaban J connectivity index is 1.59. The summed E-state index contributed by atoms with van der Waals surface area (Å²) < 4.78 is 23.4. The fourth-order valence-electron chi connectivity index (χ4n) is 3.52. The molecule has 0 saturated heterocycles. The van der Waals surface area contributed by atoms with Crippen molar-refractivity contribution in [1.29, 1.82) is 0 Å². The maximum Gasteiger partial charge on any atom is 0.296 e. The zero-order valence-electron chi connectivity index (χ0n) is 17.5. The first-order valence-corrected chi connectivity index (χ1v) is 10.9. The maximum absolute atomic E-state index is 13.6. The Morgan fingerprint density at radius 3 is 2.75 bits per heavy atom. The monoisotopic (exact) mass is 448 g/mol. The van der Waals surface area contributed by atoms with E-state index in [9.17, 15) is 4.79 Å². The molecular weight excluding hydrogens is 428 g/mol. The van der Waals surface area contributed by atoms with E-state index < -0.39 is 0 Å². The first-order chi connectivity index (χ1) is 15.7. The van der Waals surface area contributed by atoms with Gasteiger partial charge in [-0.05, 0) is 43.3 Å². The molecule has 2 aromatic carbocycles. The topological polar surface area (TPSA) is 77.9 Å². The Morgan fingerprint density at radius 2 is 1.97 bits per heavy atom. The van der Waals surface area contributed by atoms with Gasteiger partial charge in [-0.15, -0.1) is 0 Å². The number of nitrogens with zero attached hydrogens (tertiary/aromatic N) is 2. The lowest BCUT2D eigenvalue weighted by Crippen LogP contribution is -2.29. The van der Waals surface area contributed by atoms with E-state index in [1.165, 1.54) is 11.3 Å². The van der Waals surface area contributed by atoms with E-state index in [-0.39, 0.29) is 18.2 Å². The number of thiazole rings is 1. The van der Waals surface area contributed by atoms with Crippen molar-refractivity contribution in [2.75, 3.05) is 18.6 Å². The molecule has 0 N–H and O–H groups in total. The second-order valence-electron chi connectivity index (χ2n) is 6.99. The molecule has 32 heavy (non-hydrogen) atoms. The highest BCUT2D eigenvalue weighted by Crippen LogP contribution is 2.36. The van der Waals surface area contributed by atoms with Crippen LogP contribution in [0.25, 0.3) is 21.2 Å². The molecule has 8 heteroatoms. The van der Waals surface area contributed by atoms with Crippen LogP contribution in [0.3, 0.4) is 0 Å². The van der Waals surface area contributed by atoms with Crippen LogP contribution in [-0.4, -0.2) is 24.6 Å². The summed E-state index contributed by atoms with van der Waals surface area (Å²) in [6.07, 6.45) is 1.58. The van der Waals surface area contributed by atoms with Crippen molar-refractivity contribution in [3.63, 3.8) is 0 Å². The molecule has 0 atom stereocenters. The third-order valence-corrected chi connectivity index (χ3v) is 6.02. The highest BCUT2D eigenvalue weighted by Gasteiger charge is 2.26. The van der Waals surface area contributed by atoms with Crippen LogP contribution in [0.15, 0.2) is 69.7 Å². The lowest BCUT2D eigenvalue weighted by Gasteiger charge is -2.17. The Kier molecular flexibility index (Phi) is 5.28. The smallest absolute Gasteiger partial charge is 0.296 e. The largest absolute Gasteiger partial charge is 0.493 e. The van der Waals surface area contributed by atoms with Gasteiger partial charge in [-0.25, -0.2) is 4.98 Å². The van der Waals surface area contributed by atoms with E-state index in [1.807, 2.05) is 43.3 Å². The van der Waals surface area contributed by atoms with Crippen molar-refractivity contribution in [2.24, 2.45) is 0 Å². The number of aromatic nitrogens is 1. The molecule has 7 nitrogen and oxygen atoms in total. The Morgan fingerprint density at radius 1 is 1.12 bits per heavy atom. The van der Waals surface area contributed by atoms with E-state index >= 15 is 0 Å². The van der Waals surface area contributed by atoms with Crippen LogP contribution in [-0.2, 0) is 6.54 Å². The molecule has 3 heterocycles. The number of hydrogen-bond acceptors (Lipinski definition) is 7. The number of furan rings is 2. The predicted molar refractivity (Wildman–Crippen MR) is 123 cm³/mol. The maximum atomic E-state index is 13.6. The lowest BCUT2D eigenvalue weighted by atomic mass is 10.2. The molecule has 3 aromatic heterocycles. The summed E-state index contributed by atoms with van der Waals surface area (Å²) in [5, 5.41) is 1.31. The van der Waals surface area contributed by atoms with Gasteiger partial charge in [0.1, 0.15) is 17.0 Å². The summed E-state index contributed by atoms with van der Waals surface area (Å²) in [7, 11) is 1.57. The minimum atomic E-state index is -0.323. The summed E-state index contributed by atoms with van der Waals surface area (Å²) in [5.74, 6) is 1.76. The zero-order valence-corrected chi connectivity index (χ0v) is 18.3. The van der Waals surface area contributed by atoms with Crippen molar-refractivity contribution in [3.8, 4) is 11.5 Å². The van der Waals surface area contributed by atoms with Gasteiger partial charge in [-0.3, -0.25) is 9.69 Å². The third kappa shape index (κ3) is 3.58. The van der Waals surface area contributed by atoms with E-state index in [2.05, 4.69) is 0 Å². The van der Waals surface area contributed by atoms with Crippen molar-refractivity contribution in [3.05, 3.63) is 72.4 Å². The lowest BCUT2D eigenvalue weighted by molar-refractivity contribution is 0.0958. The van der Waals surface area contributed by atoms with Gasteiger partial charge in [0.05, 0.1) is 31.2 Å². The first-order valence-electron chi connectivity index (χ1n) is 10.1. The molecule has 0 aliphatic rings. The number of para-hydroxylation sites is 2. The fourth-order valence-corrected chi connectivity index (χ4v) is 4.50. The molecule has 5 rings (SSSR count). The first kappa shape index (κ1) is 20.1. The van der Waals surface area contributed by atoms with Crippen LogP contribution in [0.2, 0.25) is 0 Å². The van der Waals surface area contributed by atoms with E-state index in [4.69, 9.17) is 23.3 Å². The van der Waals surface area contributed by atoms with E-state index in [0.29, 0.717) is 34.6 Å². The van der Waals surface area contributed by atoms with Crippen LogP contribution < -0.4 is 14.4 Å². The SMILES string of the molecule is CCOc1cccc2sc(N(Cc3ccco3)C(=O)c3cc4cccc(OC)c4o3)nc12. The highest BCUT2D eigenvalue weighted by atomic mass is 32.1. The number of amides is 1. The second-order valence-corrected chi connectivity index (χ2v) is 8.00. The van der Waals surface area contributed by atoms with Gasteiger partial charge in [-0.2, -0.15) is 0 Å². The second kappa shape index (κ2) is 8.39. The molecule has 0 aliphatic heterocycles. The predicted octanol–water partition coefficient (Wildman–Crippen LogP) is 5.89. The van der Waals surface area contributed by atoms with E-state index in [0.717, 1.165) is 15.6 Å². The van der Waals surface area contributed by atoms with Gasteiger partial charge in [0.15, 0.2) is 22.2 Å². The number of methoxy groups -OCH3 is 1. The summed E-state index contributed by atoms with van der Waals surface area (Å²) in [6, 6.07) is 16.6. The molecule has 0 bridgehead atoms. The van der Waals surface area contributed by atoms with Crippen LogP contribution in [0.4, 0.5) is 5.13 Å². The van der Waals surface area contributed by atoms with Gasteiger partial charge >= 0.3 is 0 Å². The number of carbonyl (C=O) groups excluding carboxylic acids is 1. The van der Waals surface area contributed by atoms with Crippen molar-refractivity contribution in [1.82, 2.24) is 4.98 Å².